The second kappa shape index (κ2) is 6.77. The normalized spacial score (nSPS) is 13.1. The van der Waals surface area contributed by atoms with Gasteiger partial charge in [-0.25, -0.2) is 13.1 Å². The van der Waals surface area contributed by atoms with Crippen LogP contribution in [0.4, 0.5) is 0 Å². The summed E-state index contributed by atoms with van der Waals surface area (Å²) in [5.41, 5.74) is 0.661. The molecule has 0 saturated heterocycles. The van der Waals surface area contributed by atoms with Crippen molar-refractivity contribution in [2.75, 3.05) is 6.61 Å². The van der Waals surface area contributed by atoms with E-state index in [0.717, 1.165) is 0 Å². The molecule has 0 heterocycles. The monoisotopic (exact) mass is 345 g/mol. The molecule has 0 aliphatic heterocycles. The topological polar surface area (TPSA) is 66.4 Å². The molecule has 0 aromatic heterocycles. The third-order valence-corrected chi connectivity index (χ3v) is 5.06. The largest absolute Gasteiger partial charge is 0.394 e. The van der Waals surface area contributed by atoms with Crippen molar-refractivity contribution in [1.29, 1.82) is 0 Å². The van der Waals surface area contributed by atoms with Crippen LogP contribution in [0.25, 0.3) is 0 Å². The summed E-state index contributed by atoms with van der Waals surface area (Å²) >= 11 is 11.7. The Hall–Kier alpha value is -1.11. The fourth-order valence-corrected chi connectivity index (χ4v) is 3.83. The number of nitrogens with one attached hydrogen (secondary N) is 1. The van der Waals surface area contributed by atoms with Crippen LogP contribution >= 0.6 is 23.2 Å². The van der Waals surface area contributed by atoms with Gasteiger partial charge in [-0.3, -0.25) is 0 Å². The molecule has 0 aliphatic rings. The zero-order valence-corrected chi connectivity index (χ0v) is 13.2. The number of halogens is 2. The summed E-state index contributed by atoms with van der Waals surface area (Å²) in [5.74, 6) is 0. The van der Waals surface area contributed by atoms with E-state index in [2.05, 4.69) is 4.72 Å². The first kappa shape index (κ1) is 16.3. The predicted molar refractivity (Wildman–Crippen MR) is 83.1 cm³/mol. The number of rotatable bonds is 5. The average molecular weight is 346 g/mol. The molecule has 1 unspecified atom stereocenters. The average Bonchev–Trinajstić information content (AvgIpc) is 2.45. The SMILES string of the molecule is O=S(=O)(NC(CO)c1ccccc1)c1ccc(Cl)cc1Cl. The molecule has 112 valence electrons. The number of aliphatic hydroxyl groups excluding tert-OH is 1. The Morgan fingerprint density at radius 3 is 2.33 bits per heavy atom. The van der Waals surface area contributed by atoms with Crippen molar-refractivity contribution in [3.63, 3.8) is 0 Å². The molecule has 0 fully saturated rings. The molecular formula is C14H13Cl2NO3S. The first-order chi connectivity index (χ1) is 9.94. The number of hydrogen-bond acceptors (Lipinski definition) is 3. The summed E-state index contributed by atoms with van der Waals surface area (Å²) in [5, 5.41) is 9.80. The van der Waals surface area contributed by atoms with E-state index in [1.165, 1.54) is 18.2 Å². The summed E-state index contributed by atoms with van der Waals surface area (Å²) in [6.07, 6.45) is 0. The van der Waals surface area contributed by atoms with Gasteiger partial charge < -0.3 is 5.11 Å². The summed E-state index contributed by atoms with van der Waals surface area (Å²) in [6, 6.07) is 12.2. The van der Waals surface area contributed by atoms with E-state index in [0.29, 0.717) is 10.6 Å². The highest BCUT2D eigenvalue weighted by molar-refractivity contribution is 7.89. The van der Waals surface area contributed by atoms with Crippen LogP contribution in [0.1, 0.15) is 11.6 Å². The molecule has 7 heteroatoms. The van der Waals surface area contributed by atoms with Crippen molar-refractivity contribution < 1.29 is 13.5 Å². The molecule has 4 nitrogen and oxygen atoms in total. The van der Waals surface area contributed by atoms with Crippen molar-refractivity contribution in [2.24, 2.45) is 0 Å². The Morgan fingerprint density at radius 2 is 1.76 bits per heavy atom. The van der Waals surface area contributed by atoms with Crippen LogP contribution < -0.4 is 4.72 Å². The molecule has 0 aliphatic carbocycles. The summed E-state index contributed by atoms with van der Waals surface area (Å²) in [6.45, 7) is -0.367. The zero-order valence-electron chi connectivity index (χ0n) is 10.8. The lowest BCUT2D eigenvalue weighted by Gasteiger charge is -2.17. The van der Waals surface area contributed by atoms with Gasteiger partial charge in [0.2, 0.25) is 10.0 Å². The minimum absolute atomic E-state index is 0.0275. The lowest BCUT2D eigenvalue weighted by atomic mass is 10.1. The second-order valence-corrected chi connectivity index (χ2v) is 6.87. The lowest BCUT2D eigenvalue weighted by molar-refractivity contribution is 0.259. The molecule has 2 rings (SSSR count). The summed E-state index contributed by atoms with van der Waals surface area (Å²) < 4.78 is 27.1. The van der Waals surface area contributed by atoms with E-state index in [4.69, 9.17) is 23.2 Å². The van der Waals surface area contributed by atoms with Gasteiger partial charge in [0.1, 0.15) is 4.90 Å². The Bertz CT molecular complexity index is 720. The van der Waals surface area contributed by atoms with Crippen LogP contribution in [0.5, 0.6) is 0 Å². The summed E-state index contributed by atoms with van der Waals surface area (Å²) in [7, 11) is -3.87. The van der Waals surface area contributed by atoms with Crippen LogP contribution in [-0.4, -0.2) is 20.1 Å². The van der Waals surface area contributed by atoms with Crippen LogP contribution in [0.3, 0.4) is 0 Å². The van der Waals surface area contributed by atoms with E-state index < -0.39 is 16.1 Å². The number of benzene rings is 2. The predicted octanol–water partition coefficient (Wildman–Crippen LogP) is 3.01. The lowest BCUT2D eigenvalue weighted by Crippen LogP contribution is -2.31. The van der Waals surface area contributed by atoms with Gasteiger partial charge >= 0.3 is 0 Å². The second-order valence-electron chi connectivity index (χ2n) is 4.34. The van der Waals surface area contributed by atoms with E-state index >= 15 is 0 Å². The van der Waals surface area contributed by atoms with Crippen molar-refractivity contribution in [3.05, 3.63) is 64.1 Å². The first-order valence-corrected chi connectivity index (χ1v) is 8.31. The van der Waals surface area contributed by atoms with E-state index in [9.17, 15) is 13.5 Å². The highest BCUT2D eigenvalue weighted by Gasteiger charge is 2.23. The Labute approximate surface area is 133 Å². The maximum Gasteiger partial charge on any atom is 0.242 e. The smallest absolute Gasteiger partial charge is 0.242 e. The van der Waals surface area contributed by atoms with Gasteiger partial charge in [-0.05, 0) is 23.8 Å². The Morgan fingerprint density at radius 1 is 1.10 bits per heavy atom. The number of aliphatic hydroxyl groups is 1. The molecule has 0 spiro atoms. The third-order valence-electron chi connectivity index (χ3n) is 2.87. The Balaban J connectivity index is 2.32. The number of hydrogen-bond donors (Lipinski definition) is 2. The first-order valence-electron chi connectivity index (χ1n) is 6.07. The molecule has 2 aromatic rings. The third kappa shape index (κ3) is 3.96. The number of sulfonamides is 1. The van der Waals surface area contributed by atoms with E-state index in [1.54, 1.807) is 24.3 Å². The molecule has 1 atom stereocenters. The van der Waals surface area contributed by atoms with Crippen molar-refractivity contribution in [3.8, 4) is 0 Å². The van der Waals surface area contributed by atoms with Crippen LogP contribution in [0.15, 0.2) is 53.4 Å². The van der Waals surface area contributed by atoms with Gasteiger partial charge in [0.15, 0.2) is 0 Å². The van der Waals surface area contributed by atoms with Crippen molar-refractivity contribution in [1.82, 2.24) is 4.72 Å². The minimum Gasteiger partial charge on any atom is -0.394 e. The van der Waals surface area contributed by atoms with Crippen LogP contribution in [0, 0.1) is 0 Å². The van der Waals surface area contributed by atoms with Gasteiger partial charge in [-0.2, -0.15) is 0 Å². The quantitative estimate of drug-likeness (QED) is 0.875. The van der Waals surface area contributed by atoms with Crippen LogP contribution in [-0.2, 0) is 10.0 Å². The zero-order chi connectivity index (χ0) is 15.5. The molecule has 0 radical (unpaired) electrons. The maximum atomic E-state index is 12.4. The molecule has 2 aromatic carbocycles. The molecule has 2 N–H and O–H groups in total. The summed E-state index contributed by atoms with van der Waals surface area (Å²) in [4.78, 5) is -0.0806. The molecule has 0 bridgehead atoms. The molecule has 0 amide bonds. The van der Waals surface area contributed by atoms with Crippen molar-refractivity contribution >= 4 is 33.2 Å². The maximum absolute atomic E-state index is 12.4. The van der Waals surface area contributed by atoms with E-state index in [-0.39, 0.29) is 16.5 Å². The fraction of sp³-hybridized carbons (Fsp3) is 0.143. The van der Waals surface area contributed by atoms with Gasteiger partial charge in [-0.15, -0.1) is 0 Å². The highest BCUT2D eigenvalue weighted by Crippen LogP contribution is 2.26. The minimum atomic E-state index is -3.87. The van der Waals surface area contributed by atoms with E-state index in [1.807, 2.05) is 6.07 Å². The van der Waals surface area contributed by atoms with Gasteiger partial charge in [0.05, 0.1) is 17.7 Å². The van der Waals surface area contributed by atoms with Gasteiger partial charge in [0, 0.05) is 5.02 Å². The highest BCUT2D eigenvalue weighted by atomic mass is 35.5. The van der Waals surface area contributed by atoms with Crippen LogP contribution in [0.2, 0.25) is 10.0 Å². The van der Waals surface area contributed by atoms with Gasteiger partial charge in [0.25, 0.3) is 0 Å². The van der Waals surface area contributed by atoms with Gasteiger partial charge in [-0.1, -0.05) is 53.5 Å². The molecular weight excluding hydrogens is 333 g/mol. The molecule has 0 saturated carbocycles. The van der Waals surface area contributed by atoms with Crippen molar-refractivity contribution in [2.45, 2.75) is 10.9 Å². The Kier molecular flexibility index (Phi) is 5.24. The molecule has 21 heavy (non-hydrogen) atoms. The standard InChI is InChI=1S/C14H13Cl2NO3S/c15-11-6-7-14(12(16)8-11)21(19,20)17-13(9-18)10-4-2-1-3-5-10/h1-8,13,17-18H,9H2. The fourth-order valence-electron chi connectivity index (χ4n) is 1.84.